The van der Waals surface area contributed by atoms with Crippen molar-refractivity contribution in [2.75, 3.05) is 13.1 Å². The van der Waals surface area contributed by atoms with Gasteiger partial charge in [0.25, 0.3) is 5.91 Å². The van der Waals surface area contributed by atoms with Gasteiger partial charge in [-0.05, 0) is 56.8 Å². The highest BCUT2D eigenvalue weighted by molar-refractivity contribution is 5.91. The smallest absolute Gasteiger partial charge is 0.287 e. The number of rotatable bonds is 6. The van der Waals surface area contributed by atoms with Crippen LogP contribution in [0.25, 0.3) is 0 Å². The fraction of sp³-hybridized carbons (Fsp3) is 0.579. The Labute approximate surface area is 147 Å². The van der Waals surface area contributed by atoms with Crippen LogP contribution >= 0.6 is 0 Å². The van der Waals surface area contributed by atoms with Crippen LogP contribution in [0.5, 0.6) is 0 Å². The van der Waals surface area contributed by atoms with Crippen LogP contribution in [0.15, 0.2) is 27.1 Å². The first-order valence-electron chi connectivity index (χ1n) is 9.22. The van der Waals surface area contributed by atoms with Crippen LogP contribution in [0.3, 0.4) is 0 Å². The lowest BCUT2D eigenvalue weighted by Gasteiger charge is -2.29. The summed E-state index contributed by atoms with van der Waals surface area (Å²) in [5.74, 6) is 3.26. The normalized spacial score (nSPS) is 19.2. The topological polar surface area (TPSA) is 71.5 Å². The molecule has 1 aliphatic carbocycles. The highest BCUT2D eigenvalue weighted by atomic mass is 16.5. The third-order valence-electron chi connectivity index (χ3n) is 5.13. The minimum Gasteiger partial charge on any atom is -0.455 e. The standard InChI is InChI=1S/C19H25N3O3/c1-13-6-8-22(9-7-13)12-16-4-5-17(24-16)19(23)20-11-15-10-18(25-21-15)14-2-3-14/h4-5,10,13-14H,2-3,6-9,11-12H2,1H3,(H,20,23). The van der Waals surface area contributed by atoms with Gasteiger partial charge >= 0.3 is 0 Å². The van der Waals surface area contributed by atoms with Crippen LogP contribution < -0.4 is 5.32 Å². The second kappa shape index (κ2) is 7.04. The summed E-state index contributed by atoms with van der Waals surface area (Å²) in [6, 6.07) is 5.58. The second-order valence-electron chi connectivity index (χ2n) is 7.40. The minimum absolute atomic E-state index is 0.213. The summed E-state index contributed by atoms with van der Waals surface area (Å²) in [5.41, 5.74) is 0.754. The molecule has 6 nitrogen and oxygen atoms in total. The maximum atomic E-state index is 12.2. The molecule has 0 aromatic carbocycles. The number of nitrogens with one attached hydrogen (secondary N) is 1. The Morgan fingerprint density at radius 1 is 1.28 bits per heavy atom. The van der Waals surface area contributed by atoms with Gasteiger partial charge in [0, 0.05) is 12.0 Å². The van der Waals surface area contributed by atoms with Gasteiger partial charge in [-0.2, -0.15) is 0 Å². The molecule has 2 aromatic rings. The van der Waals surface area contributed by atoms with Gasteiger partial charge in [0.1, 0.15) is 17.2 Å². The molecule has 134 valence electrons. The zero-order chi connectivity index (χ0) is 17.2. The SMILES string of the molecule is CC1CCN(Cc2ccc(C(=O)NCc3cc(C4CC4)on3)o2)CC1. The van der Waals surface area contributed by atoms with Gasteiger partial charge in [0.2, 0.25) is 0 Å². The van der Waals surface area contributed by atoms with Crippen molar-refractivity contribution in [1.29, 1.82) is 0 Å². The maximum absolute atomic E-state index is 12.2. The molecular formula is C19H25N3O3. The highest BCUT2D eigenvalue weighted by Crippen LogP contribution is 2.40. The maximum Gasteiger partial charge on any atom is 0.287 e. The number of furan rings is 1. The zero-order valence-electron chi connectivity index (χ0n) is 14.7. The first-order valence-corrected chi connectivity index (χ1v) is 9.22. The Morgan fingerprint density at radius 2 is 2.08 bits per heavy atom. The van der Waals surface area contributed by atoms with E-state index in [4.69, 9.17) is 8.94 Å². The number of hydrogen-bond acceptors (Lipinski definition) is 5. The predicted octanol–water partition coefficient (Wildman–Crippen LogP) is 3.31. The number of hydrogen-bond donors (Lipinski definition) is 1. The molecule has 2 fully saturated rings. The van der Waals surface area contributed by atoms with Crippen molar-refractivity contribution in [2.45, 2.75) is 51.6 Å². The molecule has 3 heterocycles. The number of likely N-dealkylation sites (tertiary alicyclic amines) is 1. The Kier molecular flexibility index (Phi) is 4.61. The Morgan fingerprint density at radius 3 is 2.84 bits per heavy atom. The van der Waals surface area contributed by atoms with Gasteiger partial charge < -0.3 is 14.3 Å². The molecule has 0 radical (unpaired) electrons. The molecule has 0 spiro atoms. The van der Waals surface area contributed by atoms with Crippen molar-refractivity contribution in [3.63, 3.8) is 0 Å². The van der Waals surface area contributed by atoms with Crippen molar-refractivity contribution in [3.05, 3.63) is 41.2 Å². The van der Waals surface area contributed by atoms with E-state index in [0.717, 1.165) is 42.8 Å². The molecule has 0 atom stereocenters. The van der Waals surface area contributed by atoms with Crippen molar-refractivity contribution in [1.82, 2.24) is 15.4 Å². The Bertz CT molecular complexity index is 724. The van der Waals surface area contributed by atoms with Gasteiger partial charge in [-0.25, -0.2) is 0 Å². The summed E-state index contributed by atoms with van der Waals surface area (Å²) in [7, 11) is 0. The lowest BCUT2D eigenvalue weighted by molar-refractivity contribution is 0.0917. The zero-order valence-corrected chi connectivity index (χ0v) is 14.7. The van der Waals surface area contributed by atoms with E-state index in [1.165, 1.54) is 25.7 Å². The molecule has 2 aliphatic rings. The van der Waals surface area contributed by atoms with E-state index in [1.807, 2.05) is 12.1 Å². The van der Waals surface area contributed by atoms with Crippen molar-refractivity contribution < 1.29 is 13.7 Å². The van der Waals surface area contributed by atoms with Gasteiger partial charge in [-0.1, -0.05) is 12.1 Å². The van der Waals surface area contributed by atoms with E-state index in [1.54, 1.807) is 6.07 Å². The number of amides is 1. The van der Waals surface area contributed by atoms with Gasteiger partial charge in [0.05, 0.1) is 13.1 Å². The summed E-state index contributed by atoms with van der Waals surface area (Å²) in [4.78, 5) is 14.6. The Hall–Kier alpha value is -2.08. The molecule has 2 aromatic heterocycles. The molecule has 4 rings (SSSR count). The van der Waals surface area contributed by atoms with Crippen LogP contribution in [0.2, 0.25) is 0 Å². The molecule has 25 heavy (non-hydrogen) atoms. The molecule has 0 bridgehead atoms. The van der Waals surface area contributed by atoms with Gasteiger partial charge in [-0.15, -0.1) is 0 Å². The molecule has 6 heteroatoms. The molecular weight excluding hydrogens is 318 g/mol. The van der Waals surface area contributed by atoms with Crippen LogP contribution in [0, 0.1) is 5.92 Å². The first-order chi connectivity index (χ1) is 12.2. The number of carbonyl (C=O) groups excluding carboxylic acids is 1. The monoisotopic (exact) mass is 343 g/mol. The van der Waals surface area contributed by atoms with E-state index in [9.17, 15) is 4.79 Å². The van der Waals surface area contributed by atoms with Crippen LogP contribution in [0.4, 0.5) is 0 Å². The molecule has 1 amide bonds. The third kappa shape index (κ3) is 4.12. The van der Waals surface area contributed by atoms with Crippen LogP contribution in [-0.2, 0) is 13.1 Å². The van der Waals surface area contributed by atoms with E-state index in [0.29, 0.717) is 18.2 Å². The first kappa shape index (κ1) is 16.4. The quantitative estimate of drug-likeness (QED) is 0.871. The fourth-order valence-electron chi connectivity index (χ4n) is 3.26. The predicted molar refractivity (Wildman–Crippen MR) is 92.0 cm³/mol. The Balaban J connectivity index is 1.27. The number of carbonyl (C=O) groups is 1. The van der Waals surface area contributed by atoms with E-state index in [2.05, 4.69) is 22.3 Å². The van der Waals surface area contributed by atoms with Crippen molar-refractivity contribution in [2.24, 2.45) is 5.92 Å². The van der Waals surface area contributed by atoms with E-state index < -0.39 is 0 Å². The van der Waals surface area contributed by atoms with Crippen LogP contribution in [-0.4, -0.2) is 29.1 Å². The van der Waals surface area contributed by atoms with E-state index in [-0.39, 0.29) is 5.91 Å². The van der Waals surface area contributed by atoms with Gasteiger partial charge in [-0.3, -0.25) is 9.69 Å². The molecule has 0 unspecified atom stereocenters. The fourth-order valence-corrected chi connectivity index (χ4v) is 3.26. The van der Waals surface area contributed by atoms with Gasteiger partial charge in [0.15, 0.2) is 5.76 Å². The van der Waals surface area contributed by atoms with E-state index >= 15 is 0 Å². The van der Waals surface area contributed by atoms with Crippen molar-refractivity contribution >= 4 is 5.91 Å². The molecule has 1 aliphatic heterocycles. The largest absolute Gasteiger partial charge is 0.455 e. The summed E-state index contributed by atoms with van der Waals surface area (Å²) < 4.78 is 11.0. The number of piperidine rings is 1. The molecule has 1 saturated heterocycles. The van der Waals surface area contributed by atoms with Crippen LogP contribution in [0.1, 0.15) is 66.3 Å². The average Bonchev–Trinajstić information content (AvgIpc) is 3.17. The number of nitrogens with zero attached hydrogens (tertiary/aromatic N) is 2. The average molecular weight is 343 g/mol. The lowest BCUT2D eigenvalue weighted by atomic mass is 9.99. The summed E-state index contributed by atoms with van der Waals surface area (Å²) >= 11 is 0. The third-order valence-corrected chi connectivity index (χ3v) is 5.13. The molecule has 1 saturated carbocycles. The molecule has 1 N–H and O–H groups in total. The summed E-state index contributed by atoms with van der Waals surface area (Å²) in [6.07, 6.45) is 4.81. The number of aromatic nitrogens is 1. The lowest BCUT2D eigenvalue weighted by Crippen LogP contribution is -2.32. The minimum atomic E-state index is -0.213. The van der Waals surface area contributed by atoms with Crippen molar-refractivity contribution in [3.8, 4) is 0 Å². The highest BCUT2D eigenvalue weighted by Gasteiger charge is 2.28. The summed E-state index contributed by atoms with van der Waals surface area (Å²) in [5, 5.41) is 6.85. The second-order valence-corrected chi connectivity index (χ2v) is 7.40. The summed E-state index contributed by atoms with van der Waals surface area (Å²) in [6.45, 7) is 5.62.